The van der Waals surface area contributed by atoms with Crippen molar-refractivity contribution in [3.05, 3.63) is 47.3 Å². The zero-order chi connectivity index (χ0) is 25.3. The second-order valence-electron chi connectivity index (χ2n) is 11.0. The number of rotatable bonds is 13. The zero-order valence-electron chi connectivity index (χ0n) is 22.6. The molecule has 6 nitrogen and oxygen atoms in total. The molecule has 202 valence electrons. The smallest absolute Gasteiger partial charge is 0.0869 e. The molecule has 1 aromatic carbocycles. The molecular formula is C30H49N3O3. The number of aliphatic hydroxyl groups excluding tert-OH is 1. The van der Waals surface area contributed by atoms with Crippen molar-refractivity contribution >= 4 is 0 Å². The van der Waals surface area contributed by atoms with Crippen LogP contribution in [0, 0.1) is 5.92 Å². The van der Waals surface area contributed by atoms with E-state index in [9.17, 15) is 5.11 Å². The average molecular weight is 500 g/mol. The number of aliphatic hydroxyl groups is 1. The van der Waals surface area contributed by atoms with Crippen LogP contribution < -0.4 is 5.73 Å². The SMILES string of the molecule is COCCCOC(c1ccccc1)C1CCCN(C2=C(N(C3CCCCC3)[C@@H](C)[C@H](O)CN)CC2)C1. The van der Waals surface area contributed by atoms with Gasteiger partial charge in [-0.1, -0.05) is 49.6 Å². The molecule has 0 bridgehead atoms. The highest BCUT2D eigenvalue weighted by molar-refractivity contribution is 5.26. The summed E-state index contributed by atoms with van der Waals surface area (Å²) < 4.78 is 11.8. The van der Waals surface area contributed by atoms with Gasteiger partial charge in [-0.05, 0) is 57.4 Å². The van der Waals surface area contributed by atoms with Gasteiger partial charge in [0, 0.05) is 63.3 Å². The van der Waals surface area contributed by atoms with Crippen molar-refractivity contribution in [3.8, 4) is 0 Å². The van der Waals surface area contributed by atoms with Crippen molar-refractivity contribution in [2.45, 2.75) is 95.4 Å². The van der Waals surface area contributed by atoms with Gasteiger partial charge in [0.15, 0.2) is 0 Å². The van der Waals surface area contributed by atoms with E-state index < -0.39 is 6.10 Å². The third kappa shape index (κ3) is 6.63. The fraction of sp³-hybridized carbons (Fsp3) is 0.733. The Bertz CT molecular complexity index is 809. The lowest BCUT2D eigenvalue weighted by atomic mass is 9.85. The molecule has 0 spiro atoms. The zero-order valence-corrected chi connectivity index (χ0v) is 22.6. The van der Waals surface area contributed by atoms with Gasteiger partial charge in [-0.2, -0.15) is 0 Å². The van der Waals surface area contributed by atoms with Crippen molar-refractivity contribution in [1.29, 1.82) is 0 Å². The molecule has 6 heteroatoms. The van der Waals surface area contributed by atoms with Gasteiger partial charge in [-0.15, -0.1) is 0 Å². The average Bonchev–Trinajstić information content (AvgIpc) is 2.91. The molecule has 1 aromatic rings. The lowest BCUT2D eigenvalue weighted by Gasteiger charge is -2.50. The Morgan fingerprint density at radius 3 is 2.50 bits per heavy atom. The summed E-state index contributed by atoms with van der Waals surface area (Å²) in [4.78, 5) is 5.24. The predicted molar refractivity (Wildman–Crippen MR) is 145 cm³/mol. The minimum absolute atomic E-state index is 0.0603. The van der Waals surface area contributed by atoms with Crippen LogP contribution in [0.4, 0.5) is 0 Å². The summed E-state index contributed by atoms with van der Waals surface area (Å²) in [6, 6.07) is 11.4. The second-order valence-corrected chi connectivity index (χ2v) is 11.0. The number of benzene rings is 1. The molecule has 4 rings (SSSR count). The number of likely N-dealkylation sites (tertiary alicyclic amines) is 1. The fourth-order valence-corrected chi connectivity index (χ4v) is 6.57. The van der Waals surface area contributed by atoms with Gasteiger partial charge in [0.2, 0.25) is 0 Å². The van der Waals surface area contributed by atoms with E-state index >= 15 is 0 Å². The van der Waals surface area contributed by atoms with Crippen LogP contribution in [0.5, 0.6) is 0 Å². The minimum atomic E-state index is -0.488. The summed E-state index contributed by atoms with van der Waals surface area (Å²) in [7, 11) is 1.75. The second kappa shape index (κ2) is 13.8. The van der Waals surface area contributed by atoms with Gasteiger partial charge in [-0.3, -0.25) is 0 Å². The first-order valence-electron chi connectivity index (χ1n) is 14.4. The summed E-state index contributed by atoms with van der Waals surface area (Å²) in [6.07, 6.45) is 11.6. The van der Waals surface area contributed by atoms with Crippen LogP contribution in [0.15, 0.2) is 41.7 Å². The molecule has 1 saturated carbocycles. The van der Waals surface area contributed by atoms with E-state index in [1.807, 2.05) is 0 Å². The number of allylic oxidation sites excluding steroid dienone is 2. The standard InChI is InChI=1S/C30H49N3O3/c1-23(29(34)21-31)33(26-14-7-4-8-15-26)28-17-16-27(28)32-18-9-13-25(22-32)30(36-20-10-19-35-2)24-11-5-3-6-12-24/h3,5-6,11-12,23,25-26,29-30,34H,4,7-10,13-22,31H2,1-2H3/t23-,25?,29+,30?/m0/s1. The molecule has 2 fully saturated rings. The summed E-state index contributed by atoms with van der Waals surface area (Å²) in [5, 5.41) is 10.7. The Balaban J connectivity index is 1.52. The van der Waals surface area contributed by atoms with Gasteiger partial charge < -0.3 is 30.1 Å². The number of hydrogen-bond acceptors (Lipinski definition) is 6. The van der Waals surface area contributed by atoms with Gasteiger partial charge in [-0.25, -0.2) is 0 Å². The normalized spacial score (nSPS) is 23.8. The first-order chi connectivity index (χ1) is 17.6. The van der Waals surface area contributed by atoms with Gasteiger partial charge in [0.05, 0.1) is 18.2 Å². The van der Waals surface area contributed by atoms with Crippen molar-refractivity contribution in [2.75, 3.05) is 40.0 Å². The Hall–Kier alpha value is -1.60. The molecule has 1 heterocycles. The Labute approximate surface area is 218 Å². The monoisotopic (exact) mass is 499 g/mol. The van der Waals surface area contributed by atoms with Crippen LogP contribution in [-0.2, 0) is 9.47 Å². The number of ether oxygens (including phenoxy) is 2. The molecule has 3 aliphatic rings. The topological polar surface area (TPSA) is 71.2 Å². The molecule has 0 radical (unpaired) electrons. The molecule has 36 heavy (non-hydrogen) atoms. The molecule has 1 saturated heterocycles. The molecule has 4 atom stereocenters. The maximum absolute atomic E-state index is 10.7. The molecule has 3 N–H and O–H groups in total. The number of nitrogens with two attached hydrogens (primary N) is 1. The summed E-state index contributed by atoms with van der Waals surface area (Å²) in [5.74, 6) is 0.466. The summed E-state index contributed by atoms with van der Waals surface area (Å²) >= 11 is 0. The van der Waals surface area contributed by atoms with E-state index in [2.05, 4.69) is 47.1 Å². The minimum Gasteiger partial charge on any atom is -0.390 e. The number of piperidine rings is 1. The number of methoxy groups -OCH3 is 1. The fourth-order valence-electron chi connectivity index (χ4n) is 6.57. The highest BCUT2D eigenvalue weighted by atomic mass is 16.5. The van der Waals surface area contributed by atoms with Crippen molar-refractivity contribution < 1.29 is 14.6 Å². The molecule has 1 aliphatic heterocycles. The van der Waals surface area contributed by atoms with Crippen LogP contribution in [0.1, 0.15) is 82.8 Å². The van der Waals surface area contributed by atoms with Crippen LogP contribution in [-0.4, -0.2) is 73.1 Å². The van der Waals surface area contributed by atoms with Gasteiger partial charge >= 0.3 is 0 Å². The highest BCUT2D eigenvalue weighted by Crippen LogP contribution is 2.42. The Morgan fingerprint density at radius 1 is 1.06 bits per heavy atom. The lowest BCUT2D eigenvalue weighted by molar-refractivity contribution is -0.0202. The molecule has 0 aromatic heterocycles. The van der Waals surface area contributed by atoms with E-state index in [1.165, 1.54) is 61.9 Å². The third-order valence-electron chi connectivity index (χ3n) is 8.63. The van der Waals surface area contributed by atoms with Gasteiger partial charge in [0.1, 0.15) is 0 Å². The van der Waals surface area contributed by atoms with Crippen LogP contribution in [0.25, 0.3) is 0 Å². The van der Waals surface area contributed by atoms with E-state index in [-0.39, 0.29) is 12.1 Å². The van der Waals surface area contributed by atoms with Crippen LogP contribution >= 0.6 is 0 Å². The van der Waals surface area contributed by atoms with E-state index in [0.717, 1.165) is 45.6 Å². The van der Waals surface area contributed by atoms with E-state index in [1.54, 1.807) is 7.11 Å². The predicted octanol–water partition coefficient (Wildman–Crippen LogP) is 4.84. The Morgan fingerprint density at radius 2 is 1.83 bits per heavy atom. The first-order valence-corrected chi connectivity index (χ1v) is 14.4. The maximum atomic E-state index is 10.7. The summed E-state index contributed by atoms with van der Waals surface area (Å²) in [5.41, 5.74) is 10.2. The molecule has 0 amide bonds. The number of nitrogens with zero attached hydrogens (tertiary/aromatic N) is 2. The Kier molecular flexibility index (Phi) is 10.5. The van der Waals surface area contributed by atoms with Crippen molar-refractivity contribution in [3.63, 3.8) is 0 Å². The first kappa shape index (κ1) is 27.4. The van der Waals surface area contributed by atoms with E-state index in [4.69, 9.17) is 15.2 Å². The highest BCUT2D eigenvalue weighted by Gasteiger charge is 2.38. The van der Waals surface area contributed by atoms with Crippen molar-refractivity contribution in [1.82, 2.24) is 9.80 Å². The van der Waals surface area contributed by atoms with Crippen LogP contribution in [0.2, 0.25) is 0 Å². The lowest BCUT2D eigenvalue weighted by Crippen LogP contribution is -2.52. The van der Waals surface area contributed by atoms with Gasteiger partial charge in [0.25, 0.3) is 0 Å². The largest absolute Gasteiger partial charge is 0.390 e. The van der Waals surface area contributed by atoms with Crippen molar-refractivity contribution in [2.24, 2.45) is 11.7 Å². The number of hydrogen-bond donors (Lipinski definition) is 2. The molecule has 2 aliphatic carbocycles. The van der Waals surface area contributed by atoms with E-state index in [0.29, 0.717) is 18.5 Å². The van der Waals surface area contributed by atoms with Crippen LogP contribution in [0.3, 0.4) is 0 Å². The quantitative estimate of drug-likeness (QED) is 0.379. The third-order valence-corrected chi connectivity index (χ3v) is 8.63. The summed E-state index contributed by atoms with van der Waals surface area (Å²) in [6.45, 7) is 6.10. The molecular weight excluding hydrogens is 450 g/mol. The molecule has 2 unspecified atom stereocenters. The maximum Gasteiger partial charge on any atom is 0.0869 e.